The van der Waals surface area contributed by atoms with E-state index in [1.807, 2.05) is 36.4 Å². The van der Waals surface area contributed by atoms with Crippen molar-refractivity contribution in [3.05, 3.63) is 58.2 Å². The molecule has 1 aliphatic heterocycles. The van der Waals surface area contributed by atoms with Crippen LogP contribution in [0, 0.1) is 0 Å². The van der Waals surface area contributed by atoms with Crippen LogP contribution in [0.25, 0.3) is 0 Å². The van der Waals surface area contributed by atoms with Gasteiger partial charge in [-0.1, -0.05) is 12.1 Å². The summed E-state index contributed by atoms with van der Waals surface area (Å²) in [6.45, 7) is 1.98. The first-order valence-electron chi connectivity index (χ1n) is 8.05. The molecule has 2 aromatic rings. The fraction of sp³-hybridized carbons (Fsp3) is 0.333. The monoisotopic (exact) mass is 389 g/mol. The molecule has 1 aromatic carbocycles. The topological polar surface area (TPSA) is 63.2 Å². The molecule has 1 amide bonds. The minimum absolute atomic E-state index is 0.0610. The molecule has 1 atom stereocenters. The number of aromatic nitrogens is 1. The molecule has 3 rings (SSSR count). The van der Waals surface area contributed by atoms with Crippen molar-refractivity contribution in [3.63, 3.8) is 0 Å². The maximum absolute atomic E-state index is 12.3. The van der Waals surface area contributed by atoms with Gasteiger partial charge in [-0.3, -0.25) is 4.79 Å². The average Bonchev–Trinajstić information content (AvgIpc) is 3.13. The van der Waals surface area contributed by atoms with E-state index in [0.717, 1.165) is 35.3 Å². The van der Waals surface area contributed by atoms with Gasteiger partial charge in [-0.15, -0.1) is 0 Å². The zero-order valence-corrected chi connectivity index (χ0v) is 14.9. The van der Waals surface area contributed by atoms with Crippen LogP contribution >= 0.6 is 15.9 Å². The summed E-state index contributed by atoms with van der Waals surface area (Å²) < 4.78 is 6.47. The first kappa shape index (κ1) is 16.9. The second-order valence-electron chi connectivity index (χ2n) is 5.76. The predicted molar refractivity (Wildman–Crippen MR) is 97.0 cm³/mol. The van der Waals surface area contributed by atoms with E-state index < -0.39 is 0 Å². The standard InChI is InChI=1S/C18H20BrN3O2/c19-15-6-7-17(21-11-15)20-10-13-3-1-4-14(9-13)18(23)22-12-16-5-2-8-24-16/h1,3-4,6-7,9,11,16H,2,5,8,10,12H2,(H,20,21)(H,22,23). The van der Waals surface area contributed by atoms with Crippen LogP contribution in [0.2, 0.25) is 0 Å². The quantitative estimate of drug-likeness (QED) is 0.794. The van der Waals surface area contributed by atoms with Gasteiger partial charge in [0, 0.05) is 35.9 Å². The van der Waals surface area contributed by atoms with Gasteiger partial charge in [0.1, 0.15) is 5.82 Å². The molecule has 0 radical (unpaired) electrons. The number of hydrogen-bond acceptors (Lipinski definition) is 4. The third-order valence-electron chi connectivity index (χ3n) is 3.90. The molecule has 2 heterocycles. The van der Waals surface area contributed by atoms with Crippen molar-refractivity contribution in [1.29, 1.82) is 0 Å². The fourth-order valence-electron chi connectivity index (χ4n) is 2.61. The van der Waals surface area contributed by atoms with Gasteiger partial charge in [0.15, 0.2) is 0 Å². The molecule has 0 spiro atoms. The number of rotatable bonds is 6. The number of hydrogen-bond donors (Lipinski definition) is 2. The summed E-state index contributed by atoms with van der Waals surface area (Å²) in [4.78, 5) is 16.5. The van der Waals surface area contributed by atoms with E-state index in [-0.39, 0.29) is 12.0 Å². The number of nitrogens with zero attached hydrogens (tertiary/aromatic N) is 1. The molecule has 1 saturated heterocycles. The average molecular weight is 390 g/mol. The predicted octanol–water partition coefficient (Wildman–Crippen LogP) is 3.37. The summed E-state index contributed by atoms with van der Waals surface area (Å²) in [5, 5.41) is 6.19. The van der Waals surface area contributed by atoms with Gasteiger partial charge < -0.3 is 15.4 Å². The van der Waals surface area contributed by atoms with Crippen LogP contribution in [0.3, 0.4) is 0 Å². The first-order valence-corrected chi connectivity index (χ1v) is 8.84. The van der Waals surface area contributed by atoms with Crippen molar-refractivity contribution in [1.82, 2.24) is 10.3 Å². The Morgan fingerprint density at radius 2 is 2.25 bits per heavy atom. The SMILES string of the molecule is O=C(NCC1CCCO1)c1cccc(CNc2ccc(Br)cn2)c1. The van der Waals surface area contributed by atoms with E-state index in [9.17, 15) is 4.79 Å². The molecule has 5 nitrogen and oxygen atoms in total. The zero-order chi connectivity index (χ0) is 16.8. The Morgan fingerprint density at radius 3 is 3.00 bits per heavy atom. The van der Waals surface area contributed by atoms with Crippen LogP contribution in [0.4, 0.5) is 5.82 Å². The summed E-state index contributed by atoms with van der Waals surface area (Å²) in [6.07, 6.45) is 4.00. The molecule has 1 aromatic heterocycles. The van der Waals surface area contributed by atoms with Gasteiger partial charge in [0.25, 0.3) is 5.91 Å². The fourth-order valence-corrected chi connectivity index (χ4v) is 2.84. The minimum Gasteiger partial charge on any atom is -0.376 e. The molecule has 126 valence electrons. The number of amides is 1. The number of carbonyl (C=O) groups is 1. The lowest BCUT2D eigenvalue weighted by atomic mass is 10.1. The number of nitrogens with one attached hydrogen (secondary N) is 2. The Balaban J connectivity index is 1.54. The van der Waals surface area contributed by atoms with Gasteiger partial charge in [0.2, 0.25) is 0 Å². The van der Waals surface area contributed by atoms with Crippen LogP contribution in [0.5, 0.6) is 0 Å². The van der Waals surface area contributed by atoms with Crippen molar-refractivity contribution in [2.75, 3.05) is 18.5 Å². The second-order valence-corrected chi connectivity index (χ2v) is 6.68. The largest absolute Gasteiger partial charge is 0.376 e. The Hall–Kier alpha value is -1.92. The van der Waals surface area contributed by atoms with Crippen molar-refractivity contribution in [3.8, 4) is 0 Å². The van der Waals surface area contributed by atoms with Crippen LogP contribution in [0.15, 0.2) is 47.1 Å². The minimum atomic E-state index is -0.0610. The highest BCUT2D eigenvalue weighted by atomic mass is 79.9. The lowest BCUT2D eigenvalue weighted by Gasteiger charge is -2.11. The molecule has 1 aliphatic rings. The van der Waals surface area contributed by atoms with Crippen molar-refractivity contribution >= 4 is 27.7 Å². The second kappa shape index (κ2) is 8.26. The van der Waals surface area contributed by atoms with E-state index >= 15 is 0 Å². The number of anilines is 1. The first-order chi connectivity index (χ1) is 11.7. The van der Waals surface area contributed by atoms with E-state index in [1.54, 1.807) is 6.20 Å². The van der Waals surface area contributed by atoms with E-state index in [2.05, 4.69) is 31.5 Å². The van der Waals surface area contributed by atoms with Crippen molar-refractivity contribution in [2.45, 2.75) is 25.5 Å². The van der Waals surface area contributed by atoms with Gasteiger partial charge >= 0.3 is 0 Å². The molecule has 2 N–H and O–H groups in total. The normalized spacial score (nSPS) is 16.8. The molecular weight excluding hydrogens is 370 g/mol. The number of pyridine rings is 1. The number of benzene rings is 1. The van der Waals surface area contributed by atoms with E-state index in [4.69, 9.17) is 4.74 Å². The van der Waals surface area contributed by atoms with Gasteiger partial charge in [-0.05, 0) is 58.6 Å². The van der Waals surface area contributed by atoms with Crippen LogP contribution < -0.4 is 10.6 Å². The highest BCUT2D eigenvalue weighted by Crippen LogP contribution is 2.13. The molecule has 1 fully saturated rings. The van der Waals surface area contributed by atoms with Crippen molar-refractivity contribution < 1.29 is 9.53 Å². The number of halogens is 1. The Morgan fingerprint density at radius 1 is 1.33 bits per heavy atom. The third-order valence-corrected chi connectivity index (χ3v) is 4.37. The van der Waals surface area contributed by atoms with E-state index in [1.165, 1.54) is 0 Å². The van der Waals surface area contributed by atoms with Crippen molar-refractivity contribution in [2.24, 2.45) is 0 Å². The van der Waals surface area contributed by atoms with Crippen LogP contribution in [-0.2, 0) is 11.3 Å². The molecule has 0 saturated carbocycles. The highest BCUT2D eigenvalue weighted by molar-refractivity contribution is 9.10. The maximum atomic E-state index is 12.3. The number of carbonyl (C=O) groups excluding carboxylic acids is 1. The Bertz CT molecular complexity index is 685. The summed E-state index contributed by atoms with van der Waals surface area (Å²) >= 11 is 3.36. The maximum Gasteiger partial charge on any atom is 0.251 e. The molecule has 0 bridgehead atoms. The molecule has 6 heteroatoms. The summed E-state index contributed by atoms with van der Waals surface area (Å²) in [6, 6.07) is 11.4. The lowest BCUT2D eigenvalue weighted by molar-refractivity contribution is 0.0857. The van der Waals surface area contributed by atoms with Gasteiger partial charge in [0.05, 0.1) is 6.10 Å². The smallest absolute Gasteiger partial charge is 0.251 e. The summed E-state index contributed by atoms with van der Waals surface area (Å²) in [5.41, 5.74) is 1.69. The highest BCUT2D eigenvalue weighted by Gasteiger charge is 2.16. The van der Waals surface area contributed by atoms with Gasteiger partial charge in [-0.25, -0.2) is 4.98 Å². The Labute approximate surface area is 149 Å². The lowest BCUT2D eigenvalue weighted by Crippen LogP contribution is -2.31. The van der Waals surface area contributed by atoms with Crippen LogP contribution in [0.1, 0.15) is 28.8 Å². The summed E-state index contributed by atoms with van der Waals surface area (Å²) in [5.74, 6) is 0.737. The summed E-state index contributed by atoms with van der Waals surface area (Å²) in [7, 11) is 0. The van der Waals surface area contributed by atoms with Gasteiger partial charge in [-0.2, -0.15) is 0 Å². The van der Waals surface area contributed by atoms with E-state index in [0.29, 0.717) is 18.7 Å². The zero-order valence-electron chi connectivity index (χ0n) is 13.3. The van der Waals surface area contributed by atoms with Crippen LogP contribution in [-0.4, -0.2) is 30.1 Å². The molecular formula is C18H20BrN3O2. The third kappa shape index (κ3) is 4.79. The molecule has 1 unspecified atom stereocenters. The number of ether oxygens (including phenoxy) is 1. The molecule has 0 aliphatic carbocycles. The molecule has 24 heavy (non-hydrogen) atoms. The Kier molecular flexibility index (Phi) is 5.82.